The molecule has 1 aromatic heterocycles. The number of amides is 1. The van der Waals surface area contributed by atoms with Gasteiger partial charge >= 0.3 is 0 Å². The summed E-state index contributed by atoms with van der Waals surface area (Å²) in [5, 5.41) is 6.68. The highest BCUT2D eigenvalue weighted by Gasteiger charge is 2.10. The molecule has 0 aliphatic heterocycles. The van der Waals surface area contributed by atoms with E-state index in [9.17, 15) is 4.79 Å². The molecule has 78 valence electrons. The number of likely N-dealkylation sites (N-methyl/N-ethyl adjacent to an activating group) is 1. The maximum absolute atomic E-state index is 11.3. The smallest absolute Gasteiger partial charge is 0.238 e. The van der Waals surface area contributed by atoms with E-state index >= 15 is 0 Å². The zero-order valence-corrected chi connectivity index (χ0v) is 9.84. The fourth-order valence-electron chi connectivity index (χ4n) is 1.19. The van der Waals surface area contributed by atoms with Crippen molar-refractivity contribution in [2.45, 2.75) is 20.8 Å². The van der Waals surface area contributed by atoms with Crippen LogP contribution in [0, 0.1) is 20.8 Å². The first-order valence-electron chi connectivity index (χ1n) is 4.57. The number of hydrogen-bond acceptors (Lipinski definition) is 3. The Labute approximate surface area is 88.5 Å². The average Bonchev–Trinajstić information content (AvgIpc) is 2.34. The van der Waals surface area contributed by atoms with E-state index in [0.717, 1.165) is 5.00 Å². The second kappa shape index (κ2) is 4.57. The van der Waals surface area contributed by atoms with Gasteiger partial charge in [0.25, 0.3) is 0 Å². The summed E-state index contributed by atoms with van der Waals surface area (Å²) in [6.07, 6.45) is 0. The molecule has 0 bridgehead atoms. The molecule has 0 saturated heterocycles. The van der Waals surface area contributed by atoms with Gasteiger partial charge in [-0.05, 0) is 38.9 Å². The normalized spacial score (nSPS) is 10.3. The zero-order chi connectivity index (χ0) is 10.7. The molecule has 0 aliphatic rings. The monoisotopic (exact) mass is 212 g/mol. The van der Waals surface area contributed by atoms with Gasteiger partial charge in [-0.2, -0.15) is 0 Å². The second-order valence-electron chi connectivity index (χ2n) is 3.32. The first-order chi connectivity index (χ1) is 6.56. The van der Waals surface area contributed by atoms with Crippen LogP contribution in [0.1, 0.15) is 16.0 Å². The van der Waals surface area contributed by atoms with Gasteiger partial charge in [-0.25, -0.2) is 0 Å². The van der Waals surface area contributed by atoms with Crippen molar-refractivity contribution in [3.05, 3.63) is 16.0 Å². The Morgan fingerprint density at radius 3 is 2.36 bits per heavy atom. The lowest BCUT2D eigenvalue weighted by molar-refractivity contribution is -0.115. The summed E-state index contributed by atoms with van der Waals surface area (Å²) in [6.45, 7) is 6.54. The molecule has 2 N–H and O–H groups in total. The van der Waals surface area contributed by atoms with Crippen LogP contribution in [0.3, 0.4) is 0 Å². The quantitative estimate of drug-likeness (QED) is 0.802. The second-order valence-corrected chi connectivity index (χ2v) is 4.54. The number of aryl methyl sites for hydroxylation is 1. The van der Waals surface area contributed by atoms with Crippen molar-refractivity contribution in [2.24, 2.45) is 0 Å². The fraction of sp³-hybridized carbons (Fsp3) is 0.500. The van der Waals surface area contributed by atoms with Crippen molar-refractivity contribution in [3.63, 3.8) is 0 Å². The molecule has 0 spiro atoms. The molecule has 0 saturated carbocycles. The first-order valence-corrected chi connectivity index (χ1v) is 5.39. The van der Waals surface area contributed by atoms with Crippen molar-refractivity contribution in [1.29, 1.82) is 0 Å². The van der Waals surface area contributed by atoms with Crippen LogP contribution in [0.25, 0.3) is 0 Å². The van der Waals surface area contributed by atoms with Gasteiger partial charge in [0.2, 0.25) is 5.91 Å². The molecular formula is C10H16N2OS. The Bertz CT molecular complexity index is 344. The third-order valence-electron chi connectivity index (χ3n) is 2.28. The van der Waals surface area contributed by atoms with Crippen LogP contribution in [0.2, 0.25) is 0 Å². The van der Waals surface area contributed by atoms with Crippen LogP contribution < -0.4 is 10.6 Å². The highest BCUT2D eigenvalue weighted by Crippen LogP contribution is 2.31. The lowest BCUT2D eigenvalue weighted by Crippen LogP contribution is -2.24. The third-order valence-corrected chi connectivity index (χ3v) is 3.50. The van der Waals surface area contributed by atoms with Gasteiger partial charge in [-0.3, -0.25) is 4.79 Å². The molecular weight excluding hydrogens is 196 g/mol. The molecule has 0 unspecified atom stereocenters. The van der Waals surface area contributed by atoms with E-state index in [1.54, 1.807) is 18.4 Å². The standard InChI is InChI=1S/C10H16N2OS/c1-6-7(2)10(14-8(6)3)12-9(13)5-11-4/h11H,5H2,1-4H3,(H,12,13). The number of rotatable bonds is 3. The highest BCUT2D eigenvalue weighted by atomic mass is 32.1. The van der Waals surface area contributed by atoms with E-state index in [-0.39, 0.29) is 5.91 Å². The largest absolute Gasteiger partial charge is 0.316 e. The number of thiophene rings is 1. The Hall–Kier alpha value is -0.870. The minimum absolute atomic E-state index is 0.0110. The van der Waals surface area contributed by atoms with Gasteiger partial charge in [-0.1, -0.05) is 0 Å². The van der Waals surface area contributed by atoms with Crippen molar-refractivity contribution >= 4 is 22.2 Å². The molecule has 0 radical (unpaired) electrons. The van der Waals surface area contributed by atoms with E-state index in [0.29, 0.717) is 6.54 Å². The van der Waals surface area contributed by atoms with Gasteiger partial charge in [0, 0.05) is 4.88 Å². The molecule has 0 atom stereocenters. The van der Waals surface area contributed by atoms with E-state index in [4.69, 9.17) is 0 Å². The van der Waals surface area contributed by atoms with E-state index < -0.39 is 0 Å². The predicted molar refractivity (Wildman–Crippen MR) is 61.1 cm³/mol. The van der Waals surface area contributed by atoms with Gasteiger partial charge in [-0.15, -0.1) is 11.3 Å². The van der Waals surface area contributed by atoms with Gasteiger partial charge in [0.1, 0.15) is 0 Å². The van der Waals surface area contributed by atoms with Crippen LogP contribution >= 0.6 is 11.3 Å². The number of nitrogens with one attached hydrogen (secondary N) is 2. The number of hydrogen-bond donors (Lipinski definition) is 2. The lowest BCUT2D eigenvalue weighted by atomic mass is 10.2. The molecule has 3 nitrogen and oxygen atoms in total. The molecule has 0 fully saturated rings. The Balaban J connectivity index is 2.77. The van der Waals surface area contributed by atoms with Crippen LogP contribution in [0.4, 0.5) is 5.00 Å². The lowest BCUT2D eigenvalue weighted by Gasteiger charge is -2.02. The number of carbonyl (C=O) groups excluding carboxylic acids is 1. The van der Waals surface area contributed by atoms with E-state index in [2.05, 4.69) is 24.5 Å². The summed E-state index contributed by atoms with van der Waals surface area (Å²) >= 11 is 1.64. The average molecular weight is 212 g/mol. The summed E-state index contributed by atoms with van der Waals surface area (Å²) in [5.41, 5.74) is 2.45. The molecule has 1 rings (SSSR count). The minimum Gasteiger partial charge on any atom is -0.316 e. The van der Waals surface area contributed by atoms with Gasteiger partial charge in [0.15, 0.2) is 0 Å². The topological polar surface area (TPSA) is 41.1 Å². The molecule has 1 amide bonds. The fourth-order valence-corrected chi connectivity index (χ4v) is 2.27. The zero-order valence-electron chi connectivity index (χ0n) is 9.02. The van der Waals surface area contributed by atoms with Gasteiger partial charge in [0.05, 0.1) is 11.5 Å². The SMILES string of the molecule is CNCC(=O)Nc1sc(C)c(C)c1C. The van der Waals surface area contributed by atoms with Crippen molar-refractivity contribution in [1.82, 2.24) is 5.32 Å². The summed E-state index contributed by atoms with van der Waals surface area (Å²) < 4.78 is 0. The Morgan fingerprint density at radius 1 is 1.29 bits per heavy atom. The Kier molecular flexibility index (Phi) is 3.66. The third kappa shape index (κ3) is 2.33. The summed E-state index contributed by atoms with van der Waals surface area (Å²) in [5.74, 6) is 0.0110. The predicted octanol–water partition coefficient (Wildman–Crippen LogP) is 1.83. The maximum atomic E-state index is 11.3. The number of anilines is 1. The summed E-state index contributed by atoms with van der Waals surface area (Å²) in [7, 11) is 1.76. The molecule has 1 aromatic rings. The number of carbonyl (C=O) groups is 1. The molecule has 0 aromatic carbocycles. The van der Waals surface area contributed by atoms with Gasteiger partial charge < -0.3 is 10.6 Å². The van der Waals surface area contributed by atoms with E-state index in [1.165, 1.54) is 16.0 Å². The van der Waals surface area contributed by atoms with Crippen molar-refractivity contribution in [2.75, 3.05) is 18.9 Å². The minimum atomic E-state index is 0.0110. The van der Waals surface area contributed by atoms with Crippen LogP contribution in [0.15, 0.2) is 0 Å². The van der Waals surface area contributed by atoms with E-state index in [1.807, 2.05) is 6.92 Å². The van der Waals surface area contributed by atoms with Crippen molar-refractivity contribution in [3.8, 4) is 0 Å². The van der Waals surface area contributed by atoms with Crippen molar-refractivity contribution < 1.29 is 4.79 Å². The Morgan fingerprint density at radius 2 is 1.93 bits per heavy atom. The molecule has 4 heteroatoms. The molecule has 1 heterocycles. The maximum Gasteiger partial charge on any atom is 0.238 e. The molecule has 14 heavy (non-hydrogen) atoms. The van der Waals surface area contributed by atoms with Crippen LogP contribution in [-0.4, -0.2) is 19.5 Å². The highest BCUT2D eigenvalue weighted by molar-refractivity contribution is 7.16. The summed E-state index contributed by atoms with van der Waals surface area (Å²) in [6, 6.07) is 0. The molecule has 0 aliphatic carbocycles. The summed E-state index contributed by atoms with van der Waals surface area (Å²) in [4.78, 5) is 12.6. The first kappa shape index (κ1) is 11.2. The van der Waals surface area contributed by atoms with Crippen LogP contribution in [0.5, 0.6) is 0 Å². The van der Waals surface area contributed by atoms with Crippen LogP contribution in [-0.2, 0) is 4.79 Å².